The molecule has 298 valence electrons. The number of nitrogens with zero attached hydrogens (tertiary/aromatic N) is 5. The van der Waals surface area contributed by atoms with Gasteiger partial charge in [0.15, 0.2) is 0 Å². The zero-order valence-corrected chi connectivity index (χ0v) is 29.0. The lowest BCUT2D eigenvalue weighted by Gasteiger charge is -1.97. The van der Waals surface area contributed by atoms with Crippen LogP contribution in [0.2, 0.25) is 0 Å². The van der Waals surface area contributed by atoms with Gasteiger partial charge in [-0.05, 0) is 48.5 Å². The minimum atomic E-state index is -0.564. The lowest BCUT2D eigenvalue weighted by Crippen LogP contribution is -1.96. The molecule has 26 heteroatoms. The molecule has 0 fully saturated rings. The van der Waals surface area contributed by atoms with Crippen LogP contribution in [0.15, 0.2) is 91.0 Å². The minimum absolute atomic E-state index is 0. The summed E-state index contributed by atoms with van der Waals surface area (Å²) in [5, 5.41) is 51.1. The molecular weight excluding hydrogens is 744 g/mol. The van der Waals surface area contributed by atoms with E-state index in [1.54, 1.807) is 0 Å². The second-order valence-corrected chi connectivity index (χ2v) is 10.4. The van der Waals surface area contributed by atoms with Gasteiger partial charge in [-0.25, -0.2) is 0 Å². The molecule has 5 aromatic rings. The van der Waals surface area contributed by atoms with Gasteiger partial charge < -0.3 is 63.5 Å². The Morgan fingerprint density at radius 2 is 0.607 bits per heavy atom. The number of nitro benzene ring substituents is 5. The van der Waals surface area contributed by atoms with Crippen molar-refractivity contribution in [3.8, 4) is 0 Å². The van der Waals surface area contributed by atoms with Crippen LogP contribution >= 0.6 is 0 Å². The molecule has 0 unspecified atom stereocenters. The fourth-order valence-electron chi connectivity index (χ4n) is 3.53. The van der Waals surface area contributed by atoms with Crippen molar-refractivity contribution < 1.29 is 24.6 Å². The van der Waals surface area contributed by atoms with Crippen LogP contribution in [0.5, 0.6) is 0 Å². The second kappa shape index (κ2) is 21.4. The average Bonchev–Trinajstić information content (AvgIpc) is 3.10. The number of nitro groups is 5. The molecular formula is C30H38N16O10. The molecule has 56 heavy (non-hydrogen) atoms. The first kappa shape index (κ1) is 47.1. The summed E-state index contributed by atoms with van der Waals surface area (Å²) >= 11 is 0. The SMILES string of the molecule is N.Nc1ccc(N)c([N+](=O)[O-])c1.Nc1ccc(N)c([N+](=O)[O-])c1.Nc1ccc([N+](=O)[O-])c(N)c1.Nc1ccc([N+](=O)[O-])cc1N.Nc1ccc([N+](=O)[O-])cc1N. The predicted molar refractivity (Wildman–Crippen MR) is 215 cm³/mol. The van der Waals surface area contributed by atoms with Gasteiger partial charge in [0.05, 0.1) is 47.4 Å². The van der Waals surface area contributed by atoms with Crippen LogP contribution in [0.3, 0.4) is 0 Å². The maximum absolute atomic E-state index is 10.2. The minimum Gasteiger partial charge on any atom is -0.399 e. The fourth-order valence-corrected chi connectivity index (χ4v) is 3.53. The third kappa shape index (κ3) is 15.1. The lowest BCUT2D eigenvalue weighted by atomic mass is 10.2. The summed E-state index contributed by atoms with van der Waals surface area (Å²) in [6, 6.07) is 20.3. The molecule has 0 amide bonds. The highest BCUT2D eigenvalue weighted by molar-refractivity contribution is 5.68. The second-order valence-electron chi connectivity index (χ2n) is 10.4. The molecule has 0 bridgehead atoms. The van der Waals surface area contributed by atoms with Gasteiger partial charge in [-0.2, -0.15) is 0 Å². The number of nitrogen functional groups attached to an aromatic ring is 10. The first-order valence-electron chi connectivity index (χ1n) is 14.5. The Labute approximate surface area is 314 Å². The molecule has 5 aromatic carbocycles. The van der Waals surface area contributed by atoms with Crippen LogP contribution in [0.4, 0.5) is 85.3 Å². The number of anilines is 10. The standard InChI is InChI=1S/5C6H7N3O2.H3N/c7-4-1-2-6(9(10)11)5(8)3-4;2*7-5-2-1-4(9(10)11)3-6(5)8;2*7-4-1-2-5(8)6(3-4)9(10)11;/h5*1-3H,7-8H2;1H3. The van der Waals surface area contributed by atoms with Crippen molar-refractivity contribution in [1.29, 1.82) is 0 Å². The maximum atomic E-state index is 10.2. The normalized spacial score (nSPS) is 9.29. The molecule has 0 saturated heterocycles. The van der Waals surface area contributed by atoms with Crippen molar-refractivity contribution in [2.45, 2.75) is 0 Å². The molecule has 0 aliphatic carbocycles. The predicted octanol–water partition coefficient (Wildman–Crippen LogP) is 3.96. The summed E-state index contributed by atoms with van der Waals surface area (Å²) in [4.78, 5) is 48.3. The van der Waals surface area contributed by atoms with E-state index < -0.39 is 24.6 Å². The first-order chi connectivity index (χ1) is 25.5. The molecule has 0 spiro atoms. The van der Waals surface area contributed by atoms with E-state index >= 15 is 0 Å². The summed E-state index contributed by atoms with van der Waals surface area (Å²) in [7, 11) is 0. The Hall–Kier alpha value is -8.94. The zero-order chi connectivity index (χ0) is 42.2. The molecule has 0 radical (unpaired) electrons. The summed E-state index contributed by atoms with van der Waals surface area (Å²) in [6.45, 7) is 0. The summed E-state index contributed by atoms with van der Waals surface area (Å²) in [5.41, 5.74) is 55.3. The van der Waals surface area contributed by atoms with Crippen molar-refractivity contribution in [2.75, 3.05) is 57.3 Å². The molecule has 0 saturated carbocycles. The number of benzene rings is 5. The van der Waals surface area contributed by atoms with Gasteiger partial charge in [-0.3, -0.25) is 50.6 Å². The van der Waals surface area contributed by atoms with E-state index in [1.807, 2.05) is 0 Å². The van der Waals surface area contributed by atoms with E-state index in [0.29, 0.717) is 28.4 Å². The molecule has 0 aromatic heterocycles. The number of nitrogens with two attached hydrogens (primary N) is 10. The van der Waals surface area contributed by atoms with Crippen LogP contribution < -0.4 is 63.5 Å². The smallest absolute Gasteiger partial charge is 0.294 e. The largest absolute Gasteiger partial charge is 0.399 e. The Balaban J connectivity index is 0.000000672. The quantitative estimate of drug-likeness (QED) is 0.0682. The zero-order valence-electron chi connectivity index (χ0n) is 29.0. The van der Waals surface area contributed by atoms with Gasteiger partial charge >= 0.3 is 0 Å². The fraction of sp³-hybridized carbons (Fsp3) is 0. The summed E-state index contributed by atoms with van der Waals surface area (Å²) in [5.74, 6) is 0. The van der Waals surface area contributed by atoms with Gasteiger partial charge in [0.2, 0.25) is 0 Å². The topological polar surface area (TPSA) is 511 Å². The summed E-state index contributed by atoms with van der Waals surface area (Å²) in [6.07, 6.45) is 0. The number of rotatable bonds is 5. The Morgan fingerprint density at radius 1 is 0.304 bits per heavy atom. The van der Waals surface area contributed by atoms with Crippen LogP contribution in [0.1, 0.15) is 0 Å². The highest BCUT2D eigenvalue weighted by atomic mass is 16.6. The molecule has 23 N–H and O–H groups in total. The molecule has 0 aliphatic heterocycles. The average molecular weight is 783 g/mol. The lowest BCUT2D eigenvalue weighted by molar-refractivity contribution is -0.385. The third-order valence-corrected chi connectivity index (χ3v) is 6.31. The van der Waals surface area contributed by atoms with Gasteiger partial charge in [0.25, 0.3) is 28.4 Å². The van der Waals surface area contributed by atoms with Gasteiger partial charge in [-0.1, -0.05) is 0 Å². The van der Waals surface area contributed by atoms with Crippen LogP contribution in [0.25, 0.3) is 0 Å². The number of hydrogen-bond acceptors (Lipinski definition) is 21. The van der Waals surface area contributed by atoms with Crippen molar-refractivity contribution in [2.24, 2.45) is 0 Å². The summed E-state index contributed by atoms with van der Waals surface area (Å²) < 4.78 is 0. The number of non-ortho nitro benzene ring substituents is 2. The van der Waals surface area contributed by atoms with E-state index in [9.17, 15) is 50.6 Å². The highest BCUT2D eigenvalue weighted by Gasteiger charge is 2.12. The Bertz CT molecular complexity index is 2080. The Kier molecular flexibility index (Phi) is 18.0. The van der Waals surface area contributed by atoms with Gasteiger partial charge in [0, 0.05) is 59.5 Å². The molecule has 26 nitrogen and oxygen atoms in total. The highest BCUT2D eigenvalue weighted by Crippen LogP contribution is 2.25. The first-order valence-corrected chi connectivity index (χ1v) is 14.5. The van der Waals surface area contributed by atoms with Crippen molar-refractivity contribution >= 4 is 85.3 Å². The molecule has 0 aliphatic rings. The maximum Gasteiger partial charge on any atom is 0.294 e. The van der Waals surface area contributed by atoms with Crippen LogP contribution in [-0.4, -0.2) is 24.6 Å². The van der Waals surface area contributed by atoms with Gasteiger partial charge in [0.1, 0.15) is 17.1 Å². The Morgan fingerprint density at radius 3 is 0.875 bits per heavy atom. The van der Waals surface area contributed by atoms with Crippen molar-refractivity contribution in [1.82, 2.24) is 6.15 Å². The number of hydrogen-bond donors (Lipinski definition) is 11. The van der Waals surface area contributed by atoms with Crippen molar-refractivity contribution in [3.63, 3.8) is 0 Å². The third-order valence-electron chi connectivity index (χ3n) is 6.31. The van der Waals surface area contributed by atoms with E-state index in [-0.39, 0.29) is 63.0 Å². The van der Waals surface area contributed by atoms with Crippen molar-refractivity contribution in [3.05, 3.63) is 142 Å². The molecule has 0 heterocycles. The molecule has 5 rings (SSSR count). The van der Waals surface area contributed by atoms with Gasteiger partial charge in [-0.15, -0.1) is 0 Å². The van der Waals surface area contributed by atoms with Crippen LogP contribution in [0, 0.1) is 50.6 Å². The van der Waals surface area contributed by atoms with Crippen LogP contribution in [-0.2, 0) is 0 Å². The monoisotopic (exact) mass is 782 g/mol. The van der Waals surface area contributed by atoms with E-state index in [0.717, 1.165) is 0 Å². The molecule has 0 atom stereocenters. The van der Waals surface area contributed by atoms with E-state index in [2.05, 4.69) is 0 Å². The van der Waals surface area contributed by atoms with E-state index in [4.69, 9.17) is 57.3 Å². The van der Waals surface area contributed by atoms with E-state index in [1.165, 1.54) is 91.0 Å².